The van der Waals surface area contributed by atoms with Crippen LogP contribution in [-0.2, 0) is 16.0 Å². The summed E-state index contributed by atoms with van der Waals surface area (Å²) >= 11 is 0. The number of carbonyl (C=O) groups is 2. The summed E-state index contributed by atoms with van der Waals surface area (Å²) in [5, 5.41) is 12.0. The van der Waals surface area contributed by atoms with Crippen molar-refractivity contribution in [2.45, 2.75) is 37.6 Å². The molecule has 100 valence electrons. The maximum Gasteiger partial charge on any atom is 0.308 e. The zero-order valence-electron chi connectivity index (χ0n) is 10.6. The van der Waals surface area contributed by atoms with Gasteiger partial charge in [0, 0.05) is 6.04 Å². The van der Waals surface area contributed by atoms with Crippen molar-refractivity contribution in [1.29, 1.82) is 0 Å². The van der Waals surface area contributed by atoms with Crippen molar-refractivity contribution in [2.75, 3.05) is 0 Å². The number of nitrogens with one attached hydrogen (secondary N) is 1. The minimum Gasteiger partial charge on any atom is -0.481 e. The van der Waals surface area contributed by atoms with Gasteiger partial charge in [0.05, 0.1) is 11.8 Å². The molecule has 2 N–H and O–H groups in total. The van der Waals surface area contributed by atoms with Crippen molar-refractivity contribution in [1.82, 2.24) is 5.32 Å². The molecular weight excluding hydrogens is 242 g/mol. The van der Waals surface area contributed by atoms with Crippen LogP contribution in [0.2, 0.25) is 0 Å². The Morgan fingerprint density at radius 1 is 1.21 bits per heavy atom. The second kappa shape index (κ2) is 4.68. The molecule has 4 nitrogen and oxygen atoms in total. The molecule has 1 amide bonds. The molecule has 0 bridgehead atoms. The zero-order chi connectivity index (χ0) is 13.4. The molecule has 3 atom stereocenters. The van der Waals surface area contributed by atoms with Gasteiger partial charge < -0.3 is 10.4 Å². The van der Waals surface area contributed by atoms with Gasteiger partial charge in [-0.05, 0) is 30.4 Å². The topological polar surface area (TPSA) is 66.4 Å². The molecule has 0 aromatic heterocycles. The van der Waals surface area contributed by atoms with Crippen LogP contribution in [0, 0.1) is 5.92 Å². The van der Waals surface area contributed by atoms with E-state index >= 15 is 0 Å². The van der Waals surface area contributed by atoms with Gasteiger partial charge in [0.15, 0.2) is 0 Å². The number of benzene rings is 1. The molecule has 0 saturated heterocycles. The third-order valence-electron chi connectivity index (χ3n) is 4.33. The number of aliphatic carboxylic acids is 1. The van der Waals surface area contributed by atoms with Crippen LogP contribution in [0.5, 0.6) is 0 Å². The Kier molecular flexibility index (Phi) is 3.01. The summed E-state index contributed by atoms with van der Waals surface area (Å²) in [5.41, 5.74) is 2.31. The Morgan fingerprint density at radius 3 is 2.74 bits per heavy atom. The van der Waals surface area contributed by atoms with Crippen molar-refractivity contribution < 1.29 is 14.7 Å². The molecule has 3 unspecified atom stereocenters. The summed E-state index contributed by atoms with van der Waals surface area (Å²) in [6.45, 7) is 0. The Bertz CT molecular complexity index is 526. The van der Waals surface area contributed by atoms with E-state index in [1.807, 2.05) is 24.3 Å². The molecule has 1 saturated carbocycles. The van der Waals surface area contributed by atoms with Crippen molar-refractivity contribution in [3.63, 3.8) is 0 Å². The Hall–Kier alpha value is -1.84. The summed E-state index contributed by atoms with van der Waals surface area (Å²) in [6, 6.07) is 7.73. The minimum absolute atomic E-state index is 0.0168. The molecule has 0 aliphatic heterocycles. The lowest BCUT2D eigenvalue weighted by Crippen LogP contribution is -2.44. The maximum atomic E-state index is 12.2. The number of fused-ring (bicyclic) bond motifs is 1. The van der Waals surface area contributed by atoms with E-state index in [4.69, 9.17) is 5.11 Å². The lowest BCUT2D eigenvalue weighted by atomic mass is 9.77. The summed E-state index contributed by atoms with van der Waals surface area (Å²) < 4.78 is 0. The first-order valence-electron chi connectivity index (χ1n) is 6.78. The van der Waals surface area contributed by atoms with Gasteiger partial charge in [0.2, 0.25) is 5.91 Å². The van der Waals surface area contributed by atoms with E-state index in [0.29, 0.717) is 6.42 Å². The SMILES string of the molecule is O=C(NC1CCCC1C(=O)O)C1Cc2ccccc21. The van der Waals surface area contributed by atoms with Crippen molar-refractivity contribution in [3.8, 4) is 0 Å². The highest BCUT2D eigenvalue weighted by molar-refractivity contribution is 5.87. The van der Waals surface area contributed by atoms with Crippen LogP contribution >= 0.6 is 0 Å². The standard InChI is InChI=1S/C15H17NO3/c17-14(12-8-9-4-1-2-5-10(9)12)16-13-7-3-6-11(13)15(18)19/h1-2,4-5,11-13H,3,6-8H2,(H,16,17)(H,18,19). The van der Waals surface area contributed by atoms with Crippen LogP contribution < -0.4 is 5.32 Å². The Balaban J connectivity index is 1.66. The largest absolute Gasteiger partial charge is 0.481 e. The van der Waals surface area contributed by atoms with E-state index < -0.39 is 11.9 Å². The fraction of sp³-hybridized carbons (Fsp3) is 0.467. The summed E-state index contributed by atoms with van der Waals surface area (Å²) in [4.78, 5) is 23.3. The molecule has 3 rings (SSSR count). The number of carboxylic acid groups (broad SMARTS) is 1. The van der Waals surface area contributed by atoms with Gasteiger partial charge in [0.25, 0.3) is 0 Å². The smallest absolute Gasteiger partial charge is 0.308 e. The highest BCUT2D eigenvalue weighted by Crippen LogP contribution is 2.35. The van der Waals surface area contributed by atoms with Crippen LogP contribution in [0.1, 0.15) is 36.3 Å². The molecule has 2 aliphatic rings. The molecule has 19 heavy (non-hydrogen) atoms. The second-order valence-corrected chi connectivity index (χ2v) is 5.45. The van der Waals surface area contributed by atoms with Crippen LogP contribution in [0.25, 0.3) is 0 Å². The van der Waals surface area contributed by atoms with E-state index in [9.17, 15) is 9.59 Å². The summed E-state index contributed by atoms with van der Waals surface area (Å²) in [5.74, 6) is -1.32. The molecule has 1 aromatic carbocycles. The van der Waals surface area contributed by atoms with Gasteiger partial charge in [-0.2, -0.15) is 0 Å². The zero-order valence-corrected chi connectivity index (χ0v) is 10.6. The molecule has 0 spiro atoms. The number of carboxylic acids is 1. The van der Waals surface area contributed by atoms with E-state index in [1.165, 1.54) is 5.56 Å². The first-order chi connectivity index (χ1) is 9.16. The molecule has 0 radical (unpaired) electrons. The fourth-order valence-electron chi connectivity index (χ4n) is 3.20. The highest BCUT2D eigenvalue weighted by atomic mass is 16.4. The van der Waals surface area contributed by atoms with Gasteiger partial charge in [-0.1, -0.05) is 30.7 Å². The third-order valence-corrected chi connectivity index (χ3v) is 4.33. The normalized spacial score (nSPS) is 28.3. The lowest BCUT2D eigenvalue weighted by Gasteiger charge is -2.30. The summed E-state index contributed by atoms with van der Waals surface area (Å²) in [7, 11) is 0. The second-order valence-electron chi connectivity index (χ2n) is 5.45. The average Bonchev–Trinajstić information content (AvgIpc) is 2.79. The Morgan fingerprint density at radius 2 is 2.00 bits per heavy atom. The Labute approximate surface area is 111 Å². The predicted octanol–water partition coefficient (Wildman–Crippen LogP) is 1.70. The molecule has 1 fully saturated rings. The number of rotatable bonds is 3. The maximum absolute atomic E-state index is 12.2. The van der Waals surface area contributed by atoms with Crippen LogP contribution in [-0.4, -0.2) is 23.0 Å². The van der Waals surface area contributed by atoms with Crippen molar-refractivity contribution in [3.05, 3.63) is 35.4 Å². The number of carbonyl (C=O) groups excluding carboxylic acids is 1. The highest BCUT2D eigenvalue weighted by Gasteiger charge is 2.37. The van der Waals surface area contributed by atoms with Gasteiger partial charge in [-0.3, -0.25) is 9.59 Å². The number of hydrogen-bond donors (Lipinski definition) is 2. The van der Waals surface area contributed by atoms with E-state index in [1.54, 1.807) is 0 Å². The molecule has 1 aromatic rings. The monoisotopic (exact) mass is 259 g/mol. The van der Waals surface area contributed by atoms with Gasteiger partial charge in [-0.25, -0.2) is 0 Å². The average molecular weight is 259 g/mol. The number of hydrogen-bond acceptors (Lipinski definition) is 2. The third kappa shape index (κ3) is 2.11. The van der Waals surface area contributed by atoms with E-state index in [0.717, 1.165) is 24.8 Å². The quantitative estimate of drug-likeness (QED) is 0.868. The van der Waals surface area contributed by atoms with Gasteiger partial charge in [0.1, 0.15) is 0 Å². The van der Waals surface area contributed by atoms with Crippen molar-refractivity contribution in [2.24, 2.45) is 5.92 Å². The molecular formula is C15H17NO3. The molecule has 4 heteroatoms. The molecule has 0 heterocycles. The lowest BCUT2D eigenvalue weighted by molar-refractivity contribution is -0.142. The minimum atomic E-state index is -0.795. The van der Waals surface area contributed by atoms with Crippen LogP contribution in [0.3, 0.4) is 0 Å². The van der Waals surface area contributed by atoms with Crippen molar-refractivity contribution >= 4 is 11.9 Å². The van der Waals surface area contributed by atoms with Gasteiger partial charge >= 0.3 is 5.97 Å². The van der Waals surface area contributed by atoms with Gasteiger partial charge in [-0.15, -0.1) is 0 Å². The fourth-order valence-corrected chi connectivity index (χ4v) is 3.20. The molecule has 2 aliphatic carbocycles. The number of amides is 1. The van der Waals surface area contributed by atoms with E-state index in [-0.39, 0.29) is 17.9 Å². The summed E-state index contributed by atoms with van der Waals surface area (Å²) in [6.07, 6.45) is 3.09. The van der Waals surface area contributed by atoms with Crippen LogP contribution in [0.15, 0.2) is 24.3 Å². The first-order valence-corrected chi connectivity index (χ1v) is 6.78. The van der Waals surface area contributed by atoms with Crippen LogP contribution in [0.4, 0.5) is 0 Å². The predicted molar refractivity (Wildman–Crippen MR) is 69.8 cm³/mol. The van der Waals surface area contributed by atoms with E-state index in [2.05, 4.69) is 5.32 Å². The first kappa shape index (κ1) is 12.2.